The molecule has 0 aromatic heterocycles. The summed E-state index contributed by atoms with van der Waals surface area (Å²) in [5.41, 5.74) is 1.83. The molecule has 21 heavy (non-hydrogen) atoms. The minimum absolute atomic E-state index is 0.0112. The zero-order chi connectivity index (χ0) is 15.1. The van der Waals surface area contributed by atoms with Gasteiger partial charge in [-0.15, -0.1) is 0 Å². The second-order valence-corrected chi connectivity index (χ2v) is 4.89. The summed E-state index contributed by atoms with van der Waals surface area (Å²) in [5.74, 6) is -0.370. The molecular formula is C18H18O3. The Morgan fingerprint density at radius 2 is 1.33 bits per heavy atom. The molecule has 0 aliphatic rings. The average molecular weight is 282 g/mol. The number of hydrogen-bond donors (Lipinski definition) is 0. The molecule has 3 nitrogen and oxygen atoms in total. The SMILES string of the molecule is CC(=O)CCC(=O)OC(c1ccccc1)c1ccccc1. The first-order valence-electron chi connectivity index (χ1n) is 6.95. The maximum Gasteiger partial charge on any atom is 0.307 e. The van der Waals surface area contributed by atoms with Crippen LogP contribution in [0.5, 0.6) is 0 Å². The van der Waals surface area contributed by atoms with Gasteiger partial charge >= 0.3 is 5.97 Å². The standard InChI is InChI=1S/C18H18O3/c1-14(19)12-13-17(20)21-18(15-8-4-2-5-9-15)16-10-6-3-7-11-16/h2-11,18H,12-13H2,1H3. The highest BCUT2D eigenvalue weighted by Gasteiger charge is 2.18. The molecule has 0 aliphatic heterocycles. The molecule has 0 heterocycles. The average Bonchev–Trinajstić information content (AvgIpc) is 2.52. The van der Waals surface area contributed by atoms with Gasteiger partial charge in [-0.25, -0.2) is 0 Å². The molecule has 0 N–H and O–H groups in total. The minimum atomic E-state index is -0.438. The maximum absolute atomic E-state index is 11.9. The normalized spacial score (nSPS) is 10.4. The van der Waals surface area contributed by atoms with Gasteiger partial charge in [0.1, 0.15) is 5.78 Å². The van der Waals surface area contributed by atoms with Crippen LogP contribution in [0.25, 0.3) is 0 Å². The van der Waals surface area contributed by atoms with Crippen LogP contribution >= 0.6 is 0 Å². The van der Waals surface area contributed by atoms with Crippen molar-refractivity contribution >= 4 is 11.8 Å². The number of hydrogen-bond acceptors (Lipinski definition) is 3. The lowest BCUT2D eigenvalue weighted by Gasteiger charge is -2.18. The molecular weight excluding hydrogens is 264 g/mol. The number of ether oxygens (including phenoxy) is 1. The van der Waals surface area contributed by atoms with Gasteiger partial charge in [0.05, 0.1) is 6.42 Å². The number of rotatable bonds is 6. The zero-order valence-electron chi connectivity index (χ0n) is 12.0. The summed E-state index contributed by atoms with van der Waals surface area (Å²) >= 11 is 0. The summed E-state index contributed by atoms with van der Waals surface area (Å²) in [5, 5.41) is 0. The molecule has 2 rings (SSSR count). The number of benzene rings is 2. The fourth-order valence-corrected chi connectivity index (χ4v) is 2.05. The number of carbonyl (C=O) groups is 2. The molecule has 108 valence electrons. The molecule has 2 aromatic carbocycles. The quantitative estimate of drug-likeness (QED) is 0.759. The van der Waals surface area contributed by atoms with Crippen molar-refractivity contribution in [2.75, 3.05) is 0 Å². The van der Waals surface area contributed by atoms with E-state index in [4.69, 9.17) is 4.74 Å². The number of Topliss-reactive ketones (excluding diaryl/α,β-unsaturated/α-hetero) is 1. The van der Waals surface area contributed by atoms with Crippen molar-refractivity contribution in [2.24, 2.45) is 0 Å². The lowest BCUT2D eigenvalue weighted by Crippen LogP contribution is -2.13. The Morgan fingerprint density at radius 3 is 1.76 bits per heavy atom. The molecule has 0 atom stereocenters. The molecule has 0 unspecified atom stereocenters. The van der Waals surface area contributed by atoms with Crippen LogP contribution in [0, 0.1) is 0 Å². The van der Waals surface area contributed by atoms with Crippen LogP contribution < -0.4 is 0 Å². The monoisotopic (exact) mass is 282 g/mol. The second-order valence-electron chi connectivity index (χ2n) is 4.89. The van der Waals surface area contributed by atoms with E-state index in [1.165, 1.54) is 6.92 Å². The molecule has 0 bridgehead atoms. The van der Waals surface area contributed by atoms with Gasteiger partial charge in [-0.2, -0.15) is 0 Å². The summed E-state index contributed by atoms with van der Waals surface area (Å²) in [6.07, 6.45) is -0.104. The van der Waals surface area contributed by atoms with Crippen LogP contribution in [0.15, 0.2) is 60.7 Å². The number of ketones is 1. The summed E-state index contributed by atoms with van der Waals surface area (Å²) < 4.78 is 5.58. The van der Waals surface area contributed by atoms with Crippen molar-refractivity contribution in [1.29, 1.82) is 0 Å². The van der Waals surface area contributed by atoms with Crippen LogP contribution in [0.2, 0.25) is 0 Å². The van der Waals surface area contributed by atoms with Crippen LogP contribution in [-0.2, 0) is 14.3 Å². The van der Waals surface area contributed by atoms with Gasteiger partial charge in [-0.3, -0.25) is 4.79 Å². The largest absolute Gasteiger partial charge is 0.453 e. The molecule has 0 radical (unpaired) electrons. The third-order valence-corrected chi connectivity index (χ3v) is 3.14. The molecule has 0 saturated heterocycles. The summed E-state index contributed by atoms with van der Waals surface area (Å²) in [7, 11) is 0. The highest BCUT2D eigenvalue weighted by atomic mass is 16.5. The Labute approximate surface area is 124 Å². The molecule has 0 amide bonds. The Kier molecular flexibility index (Phi) is 5.27. The first-order chi connectivity index (χ1) is 10.2. The Morgan fingerprint density at radius 1 is 0.857 bits per heavy atom. The lowest BCUT2D eigenvalue weighted by molar-refractivity contribution is -0.148. The minimum Gasteiger partial charge on any atom is -0.453 e. The lowest BCUT2D eigenvalue weighted by atomic mass is 10.0. The first kappa shape index (κ1) is 15.0. The van der Waals surface area contributed by atoms with Crippen molar-refractivity contribution in [3.8, 4) is 0 Å². The summed E-state index contributed by atoms with van der Waals surface area (Å²) in [6, 6.07) is 19.2. The molecule has 0 saturated carbocycles. The smallest absolute Gasteiger partial charge is 0.307 e. The van der Waals surface area contributed by atoms with Crippen LogP contribution in [0.3, 0.4) is 0 Å². The molecule has 2 aromatic rings. The van der Waals surface area contributed by atoms with Crippen molar-refractivity contribution < 1.29 is 14.3 Å². The van der Waals surface area contributed by atoms with E-state index in [0.29, 0.717) is 0 Å². The maximum atomic E-state index is 11.9. The third-order valence-electron chi connectivity index (χ3n) is 3.14. The van der Waals surface area contributed by atoms with Crippen LogP contribution in [0.4, 0.5) is 0 Å². The van der Waals surface area contributed by atoms with Crippen molar-refractivity contribution in [3.05, 3.63) is 71.8 Å². The highest BCUT2D eigenvalue weighted by molar-refractivity contribution is 5.81. The van der Waals surface area contributed by atoms with Gasteiger partial charge in [-0.05, 0) is 18.1 Å². The van der Waals surface area contributed by atoms with Gasteiger partial charge in [0.15, 0.2) is 6.10 Å². The Bertz CT molecular complexity index is 551. The Hall–Kier alpha value is -2.42. The van der Waals surface area contributed by atoms with E-state index in [9.17, 15) is 9.59 Å². The molecule has 0 fully saturated rings. The van der Waals surface area contributed by atoms with Crippen molar-refractivity contribution in [1.82, 2.24) is 0 Å². The summed E-state index contributed by atoms with van der Waals surface area (Å²) in [4.78, 5) is 22.9. The van der Waals surface area contributed by atoms with E-state index in [0.717, 1.165) is 11.1 Å². The molecule has 3 heteroatoms. The van der Waals surface area contributed by atoms with Crippen molar-refractivity contribution in [2.45, 2.75) is 25.9 Å². The predicted molar refractivity (Wildman–Crippen MR) is 80.7 cm³/mol. The fraction of sp³-hybridized carbons (Fsp3) is 0.222. The molecule has 0 aliphatic carbocycles. The van der Waals surface area contributed by atoms with Crippen LogP contribution in [-0.4, -0.2) is 11.8 Å². The second kappa shape index (κ2) is 7.39. The van der Waals surface area contributed by atoms with E-state index in [2.05, 4.69) is 0 Å². The predicted octanol–water partition coefficient (Wildman–Crippen LogP) is 3.69. The third kappa shape index (κ3) is 4.56. The summed E-state index contributed by atoms with van der Waals surface area (Å²) in [6.45, 7) is 1.47. The van der Waals surface area contributed by atoms with E-state index in [1.54, 1.807) is 0 Å². The van der Waals surface area contributed by atoms with Gasteiger partial charge in [0.25, 0.3) is 0 Å². The number of esters is 1. The van der Waals surface area contributed by atoms with Crippen molar-refractivity contribution in [3.63, 3.8) is 0 Å². The first-order valence-corrected chi connectivity index (χ1v) is 6.95. The van der Waals surface area contributed by atoms with Gasteiger partial charge in [0, 0.05) is 6.42 Å². The topological polar surface area (TPSA) is 43.4 Å². The van der Waals surface area contributed by atoms with Gasteiger partial charge < -0.3 is 9.53 Å². The van der Waals surface area contributed by atoms with E-state index in [1.807, 2.05) is 60.7 Å². The van der Waals surface area contributed by atoms with E-state index < -0.39 is 6.10 Å². The van der Waals surface area contributed by atoms with Gasteiger partial charge in [0.2, 0.25) is 0 Å². The fourth-order valence-electron chi connectivity index (χ4n) is 2.05. The zero-order valence-corrected chi connectivity index (χ0v) is 12.0. The molecule has 0 spiro atoms. The van der Waals surface area contributed by atoms with Gasteiger partial charge in [-0.1, -0.05) is 60.7 Å². The van der Waals surface area contributed by atoms with Crippen LogP contribution in [0.1, 0.15) is 37.0 Å². The highest BCUT2D eigenvalue weighted by Crippen LogP contribution is 2.26. The van der Waals surface area contributed by atoms with E-state index >= 15 is 0 Å². The number of carbonyl (C=O) groups excluding carboxylic acids is 2. The van der Waals surface area contributed by atoms with E-state index in [-0.39, 0.29) is 24.6 Å². The Balaban J connectivity index is 2.17.